The van der Waals surface area contributed by atoms with Crippen molar-refractivity contribution < 1.29 is 14.7 Å². The van der Waals surface area contributed by atoms with Crippen LogP contribution < -0.4 is 5.32 Å². The van der Waals surface area contributed by atoms with E-state index in [4.69, 9.17) is 0 Å². The van der Waals surface area contributed by atoms with Gasteiger partial charge < -0.3 is 15.3 Å². The predicted molar refractivity (Wildman–Crippen MR) is 87.4 cm³/mol. The van der Waals surface area contributed by atoms with Gasteiger partial charge in [0.2, 0.25) is 0 Å². The van der Waals surface area contributed by atoms with Crippen LogP contribution in [0.3, 0.4) is 0 Å². The number of carbonyl (C=O) groups excluding carboxylic acids is 1. The van der Waals surface area contributed by atoms with Gasteiger partial charge in [-0.1, -0.05) is 30.3 Å². The lowest BCUT2D eigenvalue weighted by Gasteiger charge is -2.32. The standard InChI is InChI=1S/C18H18N2O3/c21-17(22)16-13-6-8-15(10-13)20(16)18(23)19-14-7-5-11-3-1-2-4-12(11)9-14/h1-5,7,9,13,15-16H,6,8,10H2,(H,19,23)(H,21,22). The van der Waals surface area contributed by atoms with Crippen LogP contribution in [0.2, 0.25) is 0 Å². The van der Waals surface area contributed by atoms with Crippen molar-refractivity contribution in [3.63, 3.8) is 0 Å². The lowest BCUT2D eigenvalue weighted by atomic mass is 9.99. The highest BCUT2D eigenvalue weighted by atomic mass is 16.4. The fraction of sp³-hybridized carbons (Fsp3) is 0.333. The second-order valence-electron chi connectivity index (χ2n) is 6.41. The van der Waals surface area contributed by atoms with Crippen molar-refractivity contribution in [3.8, 4) is 0 Å². The van der Waals surface area contributed by atoms with Crippen LogP contribution in [0.4, 0.5) is 10.5 Å². The van der Waals surface area contributed by atoms with Gasteiger partial charge in [-0.2, -0.15) is 0 Å². The first-order valence-corrected chi connectivity index (χ1v) is 7.94. The minimum Gasteiger partial charge on any atom is -0.480 e. The summed E-state index contributed by atoms with van der Waals surface area (Å²) in [6, 6.07) is 12.7. The van der Waals surface area contributed by atoms with E-state index in [1.54, 1.807) is 0 Å². The van der Waals surface area contributed by atoms with Crippen molar-refractivity contribution in [2.24, 2.45) is 5.92 Å². The van der Waals surface area contributed by atoms with E-state index in [1.807, 2.05) is 42.5 Å². The molecule has 2 aromatic rings. The van der Waals surface area contributed by atoms with Crippen molar-refractivity contribution in [1.82, 2.24) is 4.90 Å². The summed E-state index contributed by atoms with van der Waals surface area (Å²) in [5.74, 6) is -0.800. The number of anilines is 1. The number of nitrogens with zero attached hydrogens (tertiary/aromatic N) is 1. The number of aliphatic carboxylic acids is 1. The molecule has 2 amide bonds. The Labute approximate surface area is 133 Å². The molecule has 1 saturated heterocycles. The Hall–Kier alpha value is -2.56. The van der Waals surface area contributed by atoms with Crippen LogP contribution in [0.15, 0.2) is 42.5 Å². The first-order valence-electron chi connectivity index (χ1n) is 7.94. The van der Waals surface area contributed by atoms with Crippen molar-refractivity contribution >= 4 is 28.5 Å². The SMILES string of the molecule is O=C(O)C1C2CCC(C2)N1C(=O)Nc1ccc2ccccc2c1. The maximum Gasteiger partial charge on any atom is 0.326 e. The van der Waals surface area contributed by atoms with E-state index in [0.717, 1.165) is 30.0 Å². The summed E-state index contributed by atoms with van der Waals surface area (Å²) < 4.78 is 0. The van der Waals surface area contributed by atoms with Crippen LogP contribution >= 0.6 is 0 Å². The van der Waals surface area contributed by atoms with Gasteiger partial charge in [0.05, 0.1) is 0 Å². The third kappa shape index (κ3) is 2.32. The van der Waals surface area contributed by atoms with Crippen molar-refractivity contribution in [3.05, 3.63) is 42.5 Å². The Kier molecular flexibility index (Phi) is 3.22. The van der Waals surface area contributed by atoms with Gasteiger partial charge in [-0.3, -0.25) is 0 Å². The molecule has 23 heavy (non-hydrogen) atoms. The molecule has 1 aliphatic heterocycles. The smallest absolute Gasteiger partial charge is 0.326 e. The second-order valence-corrected chi connectivity index (χ2v) is 6.41. The molecule has 3 unspecified atom stereocenters. The van der Waals surface area contributed by atoms with Gasteiger partial charge >= 0.3 is 12.0 Å². The Morgan fingerprint density at radius 2 is 1.87 bits per heavy atom. The maximum absolute atomic E-state index is 12.6. The van der Waals surface area contributed by atoms with Crippen LogP contribution in [-0.4, -0.2) is 34.1 Å². The number of rotatable bonds is 2. The van der Waals surface area contributed by atoms with E-state index < -0.39 is 12.0 Å². The molecule has 5 nitrogen and oxygen atoms in total. The monoisotopic (exact) mass is 310 g/mol. The molecule has 0 spiro atoms. The highest BCUT2D eigenvalue weighted by molar-refractivity contribution is 5.96. The summed E-state index contributed by atoms with van der Waals surface area (Å²) in [4.78, 5) is 25.7. The molecule has 2 N–H and O–H groups in total. The number of carbonyl (C=O) groups is 2. The molecule has 2 aromatic carbocycles. The first kappa shape index (κ1) is 14.1. The van der Waals surface area contributed by atoms with Gasteiger partial charge in [0.15, 0.2) is 0 Å². The Morgan fingerprint density at radius 1 is 1.09 bits per heavy atom. The molecule has 3 atom stereocenters. The average molecular weight is 310 g/mol. The molecule has 118 valence electrons. The number of fused-ring (bicyclic) bond motifs is 3. The van der Waals surface area contributed by atoms with Crippen molar-refractivity contribution in [2.75, 3.05) is 5.32 Å². The van der Waals surface area contributed by atoms with Crippen LogP contribution in [0.25, 0.3) is 10.8 Å². The van der Waals surface area contributed by atoms with Gasteiger partial charge in [0, 0.05) is 11.7 Å². The largest absolute Gasteiger partial charge is 0.480 e. The second kappa shape index (κ2) is 5.26. The molecule has 4 rings (SSSR count). The molecule has 2 aliphatic rings. The van der Waals surface area contributed by atoms with Crippen LogP contribution in [0, 0.1) is 5.92 Å². The lowest BCUT2D eigenvalue weighted by molar-refractivity contribution is -0.143. The zero-order valence-corrected chi connectivity index (χ0v) is 12.6. The third-order valence-corrected chi connectivity index (χ3v) is 5.07. The predicted octanol–water partition coefficient (Wildman–Crippen LogP) is 3.31. The first-order chi connectivity index (χ1) is 11.1. The van der Waals surface area contributed by atoms with Crippen LogP contribution in [0.5, 0.6) is 0 Å². The van der Waals surface area contributed by atoms with E-state index in [2.05, 4.69) is 5.32 Å². The molecule has 1 heterocycles. The lowest BCUT2D eigenvalue weighted by Crippen LogP contribution is -2.50. The zero-order valence-electron chi connectivity index (χ0n) is 12.6. The number of carboxylic acid groups (broad SMARTS) is 1. The number of benzene rings is 2. The van der Waals surface area contributed by atoms with Crippen molar-refractivity contribution in [1.29, 1.82) is 0 Å². The fourth-order valence-corrected chi connectivity index (χ4v) is 4.05. The maximum atomic E-state index is 12.6. The molecule has 2 fully saturated rings. The number of likely N-dealkylation sites (tertiary alicyclic amines) is 1. The Morgan fingerprint density at radius 3 is 2.65 bits per heavy atom. The van der Waals surface area contributed by atoms with Gasteiger partial charge in [-0.05, 0) is 48.1 Å². The number of nitrogens with one attached hydrogen (secondary N) is 1. The van der Waals surface area contributed by atoms with Crippen molar-refractivity contribution in [2.45, 2.75) is 31.3 Å². The minimum atomic E-state index is -0.897. The van der Waals surface area contributed by atoms with E-state index in [-0.39, 0.29) is 18.0 Å². The van der Waals surface area contributed by atoms with Crippen LogP contribution in [-0.2, 0) is 4.79 Å². The van der Waals surface area contributed by atoms with Gasteiger partial charge in [0.25, 0.3) is 0 Å². The van der Waals surface area contributed by atoms with Gasteiger partial charge in [-0.15, -0.1) is 0 Å². The van der Waals surface area contributed by atoms with Gasteiger partial charge in [-0.25, -0.2) is 9.59 Å². The van der Waals surface area contributed by atoms with E-state index in [0.29, 0.717) is 5.69 Å². The fourth-order valence-electron chi connectivity index (χ4n) is 4.05. The summed E-state index contributed by atoms with van der Waals surface area (Å²) in [7, 11) is 0. The zero-order chi connectivity index (χ0) is 16.0. The molecular formula is C18H18N2O3. The summed E-state index contributed by atoms with van der Waals surface area (Å²) >= 11 is 0. The number of piperidine rings is 1. The van der Waals surface area contributed by atoms with E-state index >= 15 is 0 Å². The topological polar surface area (TPSA) is 69.6 Å². The third-order valence-electron chi connectivity index (χ3n) is 5.07. The molecule has 2 bridgehead atoms. The average Bonchev–Trinajstić information content (AvgIpc) is 3.15. The normalized spacial score (nSPS) is 25.7. The number of carboxylic acids is 1. The molecular weight excluding hydrogens is 292 g/mol. The molecule has 0 radical (unpaired) electrons. The molecule has 1 saturated carbocycles. The van der Waals surface area contributed by atoms with Crippen LogP contribution in [0.1, 0.15) is 19.3 Å². The molecule has 1 aliphatic carbocycles. The quantitative estimate of drug-likeness (QED) is 0.894. The molecule has 0 aromatic heterocycles. The molecule has 5 heteroatoms. The number of hydrogen-bond donors (Lipinski definition) is 2. The minimum absolute atomic E-state index is 0.0570. The highest BCUT2D eigenvalue weighted by Crippen LogP contribution is 2.42. The number of amides is 2. The number of hydrogen-bond acceptors (Lipinski definition) is 2. The Bertz CT molecular complexity index is 789. The summed E-state index contributed by atoms with van der Waals surface area (Å²) in [5, 5.41) is 14.5. The summed E-state index contributed by atoms with van der Waals surface area (Å²) in [6.45, 7) is 0. The number of urea groups is 1. The summed E-state index contributed by atoms with van der Waals surface area (Å²) in [6.07, 6.45) is 2.61. The van der Waals surface area contributed by atoms with E-state index in [1.165, 1.54) is 4.90 Å². The van der Waals surface area contributed by atoms with E-state index in [9.17, 15) is 14.7 Å². The summed E-state index contributed by atoms with van der Waals surface area (Å²) in [5.41, 5.74) is 0.695. The highest BCUT2D eigenvalue weighted by Gasteiger charge is 2.51. The van der Waals surface area contributed by atoms with Gasteiger partial charge in [0.1, 0.15) is 6.04 Å². The Balaban J connectivity index is 1.57.